The molecule has 0 bridgehead atoms. The van der Waals surface area contributed by atoms with Gasteiger partial charge in [-0.2, -0.15) is 5.10 Å². The Bertz CT molecular complexity index is 623. The normalized spacial score (nSPS) is 12.5. The van der Waals surface area contributed by atoms with Crippen molar-refractivity contribution in [3.05, 3.63) is 45.2 Å². The Hall–Kier alpha value is -1.33. The van der Waals surface area contributed by atoms with Crippen LogP contribution >= 0.6 is 15.9 Å². The van der Waals surface area contributed by atoms with E-state index < -0.39 is 6.10 Å². The Morgan fingerprint density at radius 3 is 2.65 bits per heavy atom. The Kier molecular flexibility index (Phi) is 4.50. The second kappa shape index (κ2) is 5.97. The van der Waals surface area contributed by atoms with Crippen LogP contribution in [0.4, 0.5) is 0 Å². The highest BCUT2D eigenvalue weighted by Gasteiger charge is 2.17. The third kappa shape index (κ3) is 2.88. The summed E-state index contributed by atoms with van der Waals surface area (Å²) in [5.41, 5.74) is 3.81. The molecule has 1 atom stereocenters. The Morgan fingerprint density at radius 1 is 1.40 bits per heavy atom. The summed E-state index contributed by atoms with van der Waals surface area (Å²) >= 11 is 3.52. The van der Waals surface area contributed by atoms with Crippen molar-refractivity contribution in [3.63, 3.8) is 0 Å². The van der Waals surface area contributed by atoms with E-state index in [4.69, 9.17) is 4.74 Å². The second-order valence-corrected chi connectivity index (χ2v) is 5.71. The van der Waals surface area contributed by atoms with E-state index in [0.29, 0.717) is 6.42 Å². The van der Waals surface area contributed by atoms with E-state index in [1.165, 1.54) is 0 Å². The summed E-state index contributed by atoms with van der Waals surface area (Å²) in [5, 5.41) is 14.8. The number of aryl methyl sites for hydroxylation is 3. The van der Waals surface area contributed by atoms with Gasteiger partial charge in [0.05, 0.1) is 29.1 Å². The molecule has 5 heteroatoms. The summed E-state index contributed by atoms with van der Waals surface area (Å²) in [6.07, 6.45) is -0.0833. The minimum Gasteiger partial charge on any atom is -0.496 e. The van der Waals surface area contributed by atoms with Gasteiger partial charge < -0.3 is 9.84 Å². The number of halogens is 1. The molecule has 20 heavy (non-hydrogen) atoms. The number of nitrogens with zero attached hydrogens (tertiary/aromatic N) is 2. The molecule has 1 aromatic carbocycles. The van der Waals surface area contributed by atoms with Gasteiger partial charge in [0.1, 0.15) is 5.75 Å². The Labute approximate surface area is 127 Å². The molecule has 0 saturated heterocycles. The largest absolute Gasteiger partial charge is 0.496 e. The quantitative estimate of drug-likeness (QED) is 0.931. The van der Waals surface area contributed by atoms with Gasteiger partial charge in [0, 0.05) is 13.5 Å². The molecule has 1 unspecified atom stereocenters. The number of aliphatic hydroxyl groups excluding tert-OH is 1. The van der Waals surface area contributed by atoms with Crippen LogP contribution in [0.1, 0.15) is 28.6 Å². The lowest BCUT2D eigenvalue weighted by molar-refractivity contribution is 0.175. The van der Waals surface area contributed by atoms with Crippen LogP contribution in [0.3, 0.4) is 0 Å². The fourth-order valence-electron chi connectivity index (χ4n) is 2.25. The molecule has 108 valence electrons. The van der Waals surface area contributed by atoms with Gasteiger partial charge in [-0.15, -0.1) is 0 Å². The first-order valence-corrected chi connectivity index (χ1v) is 7.24. The van der Waals surface area contributed by atoms with E-state index in [-0.39, 0.29) is 0 Å². The van der Waals surface area contributed by atoms with E-state index in [1.54, 1.807) is 11.8 Å². The summed E-state index contributed by atoms with van der Waals surface area (Å²) in [6, 6.07) is 5.78. The average molecular weight is 339 g/mol. The van der Waals surface area contributed by atoms with Gasteiger partial charge in [-0.1, -0.05) is 12.1 Å². The molecular weight excluding hydrogens is 320 g/mol. The number of aromatic nitrogens is 2. The third-order valence-corrected chi connectivity index (χ3v) is 4.50. The lowest BCUT2D eigenvalue weighted by atomic mass is 10.0. The maximum absolute atomic E-state index is 10.4. The van der Waals surface area contributed by atoms with E-state index >= 15 is 0 Å². The summed E-state index contributed by atoms with van der Waals surface area (Å²) in [4.78, 5) is 0. The number of ether oxygens (including phenoxy) is 1. The number of methoxy groups -OCH3 is 1. The summed E-state index contributed by atoms with van der Waals surface area (Å²) in [7, 11) is 3.52. The van der Waals surface area contributed by atoms with E-state index in [2.05, 4.69) is 21.0 Å². The van der Waals surface area contributed by atoms with Crippen molar-refractivity contribution in [3.8, 4) is 5.75 Å². The summed E-state index contributed by atoms with van der Waals surface area (Å²) in [6.45, 7) is 3.92. The fourth-order valence-corrected chi connectivity index (χ4v) is 2.74. The topological polar surface area (TPSA) is 47.3 Å². The monoisotopic (exact) mass is 338 g/mol. The van der Waals surface area contributed by atoms with Gasteiger partial charge >= 0.3 is 0 Å². The molecule has 0 aliphatic rings. The van der Waals surface area contributed by atoms with Crippen molar-refractivity contribution < 1.29 is 9.84 Å². The van der Waals surface area contributed by atoms with Gasteiger partial charge in [-0.25, -0.2) is 0 Å². The van der Waals surface area contributed by atoms with E-state index in [0.717, 1.165) is 32.7 Å². The van der Waals surface area contributed by atoms with Crippen molar-refractivity contribution >= 4 is 15.9 Å². The van der Waals surface area contributed by atoms with Crippen LogP contribution in [0.15, 0.2) is 22.7 Å². The highest BCUT2D eigenvalue weighted by molar-refractivity contribution is 9.10. The molecule has 2 aromatic rings. The smallest absolute Gasteiger partial charge is 0.122 e. The van der Waals surface area contributed by atoms with Crippen LogP contribution < -0.4 is 4.74 Å². The maximum atomic E-state index is 10.4. The highest BCUT2D eigenvalue weighted by atomic mass is 79.9. The highest BCUT2D eigenvalue weighted by Crippen LogP contribution is 2.28. The molecule has 1 heterocycles. The van der Waals surface area contributed by atoms with Crippen LogP contribution in [0.5, 0.6) is 5.75 Å². The average Bonchev–Trinajstić information content (AvgIpc) is 2.66. The van der Waals surface area contributed by atoms with Crippen LogP contribution in [0.2, 0.25) is 0 Å². The second-order valence-electron chi connectivity index (χ2n) is 4.92. The molecule has 1 aromatic heterocycles. The SMILES string of the molecule is COc1cc(C(O)Cc2c(Br)c(C)nn2C)ccc1C. The summed E-state index contributed by atoms with van der Waals surface area (Å²) in [5.74, 6) is 0.793. The first-order chi connectivity index (χ1) is 9.43. The van der Waals surface area contributed by atoms with Crippen molar-refractivity contribution in [2.75, 3.05) is 7.11 Å². The molecule has 0 fully saturated rings. The minimum absolute atomic E-state index is 0.504. The van der Waals surface area contributed by atoms with Crippen molar-refractivity contribution in [1.29, 1.82) is 0 Å². The predicted octanol–water partition coefficient (Wildman–Crippen LogP) is 3.08. The maximum Gasteiger partial charge on any atom is 0.122 e. The van der Waals surface area contributed by atoms with Crippen LogP contribution in [-0.2, 0) is 13.5 Å². The van der Waals surface area contributed by atoms with Gasteiger partial charge in [-0.3, -0.25) is 4.68 Å². The molecule has 4 nitrogen and oxygen atoms in total. The van der Waals surface area contributed by atoms with Gasteiger partial charge in [0.2, 0.25) is 0 Å². The van der Waals surface area contributed by atoms with Crippen molar-refractivity contribution in [2.45, 2.75) is 26.4 Å². The standard InChI is InChI=1S/C15H19BrN2O2/c1-9-5-6-11(7-14(9)20-4)13(19)8-12-15(16)10(2)17-18(12)3/h5-7,13,19H,8H2,1-4H3. The minimum atomic E-state index is -0.587. The first kappa shape index (κ1) is 15.1. The van der Waals surface area contributed by atoms with E-state index in [1.807, 2.05) is 39.1 Å². The lowest BCUT2D eigenvalue weighted by Crippen LogP contribution is -2.07. The Morgan fingerprint density at radius 2 is 2.10 bits per heavy atom. The molecule has 0 aliphatic carbocycles. The number of aliphatic hydroxyl groups is 1. The zero-order chi connectivity index (χ0) is 14.9. The van der Waals surface area contributed by atoms with Gasteiger partial charge in [-0.05, 0) is 47.0 Å². The molecular formula is C15H19BrN2O2. The van der Waals surface area contributed by atoms with Gasteiger partial charge in [0.15, 0.2) is 0 Å². The molecule has 0 radical (unpaired) electrons. The van der Waals surface area contributed by atoms with Crippen LogP contribution in [0, 0.1) is 13.8 Å². The predicted molar refractivity (Wildman–Crippen MR) is 82.0 cm³/mol. The Balaban J connectivity index is 2.26. The molecule has 0 aliphatic heterocycles. The number of benzene rings is 1. The summed E-state index contributed by atoms with van der Waals surface area (Å²) < 4.78 is 8.06. The number of hydrogen-bond donors (Lipinski definition) is 1. The van der Waals surface area contributed by atoms with Crippen molar-refractivity contribution in [2.24, 2.45) is 7.05 Å². The van der Waals surface area contributed by atoms with E-state index in [9.17, 15) is 5.11 Å². The van der Waals surface area contributed by atoms with Crippen molar-refractivity contribution in [1.82, 2.24) is 9.78 Å². The zero-order valence-corrected chi connectivity index (χ0v) is 13.7. The molecule has 2 rings (SSSR count). The number of hydrogen-bond acceptors (Lipinski definition) is 3. The molecule has 1 N–H and O–H groups in total. The lowest BCUT2D eigenvalue weighted by Gasteiger charge is -2.14. The molecule has 0 spiro atoms. The first-order valence-electron chi connectivity index (χ1n) is 6.44. The van der Waals surface area contributed by atoms with Crippen LogP contribution in [-0.4, -0.2) is 22.0 Å². The fraction of sp³-hybridized carbons (Fsp3) is 0.400. The van der Waals surface area contributed by atoms with Gasteiger partial charge in [0.25, 0.3) is 0 Å². The van der Waals surface area contributed by atoms with Crippen LogP contribution in [0.25, 0.3) is 0 Å². The number of rotatable bonds is 4. The third-order valence-electron chi connectivity index (χ3n) is 3.47. The molecule has 0 amide bonds. The molecule has 0 saturated carbocycles. The zero-order valence-electron chi connectivity index (χ0n) is 12.1.